The third-order valence-electron chi connectivity index (χ3n) is 1.81. The molecule has 0 radical (unpaired) electrons. The molecule has 0 saturated carbocycles. The van der Waals surface area contributed by atoms with Crippen molar-refractivity contribution >= 4 is 23.3 Å². The summed E-state index contributed by atoms with van der Waals surface area (Å²) in [6, 6.07) is 3.26. The van der Waals surface area contributed by atoms with E-state index in [1.807, 2.05) is 6.92 Å². The van der Waals surface area contributed by atoms with Crippen LogP contribution in [0.5, 0.6) is 0 Å². The Labute approximate surface area is 100.0 Å². The number of aromatic nitrogens is 1. The molecule has 0 aliphatic carbocycles. The van der Waals surface area contributed by atoms with E-state index in [4.69, 9.17) is 16.3 Å². The Morgan fingerprint density at radius 1 is 1.56 bits per heavy atom. The van der Waals surface area contributed by atoms with Gasteiger partial charge in [-0.25, -0.2) is 4.98 Å². The van der Waals surface area contributed by atoms with Crippen LogP contribution in [0.15, 0.2) is 18.3 Å². The summed E-state index contributed by atoms with van der Waals surface area (Å²) in [6.07, 6.45) is 2.83. The normalized spacial score (nSPS) is 10.1. The van der Waals surface area contributed by atoms with Gasteiger partial charge in [-0.1, -0.05) is 18.5 Å². The number of amides is 1. The monoisotopic (exact) mass is 242 g/mol. The van der Waals surface area contributed by atoms with Gasteiger partial charge in [0.15, 0.2) is 0 Å². The first-order valence-corrected chi connectivity index (χ1v) is 5.59. The van der Waals surface area contributed by atoms with E-state index in [1.54, 1.807) is 18.3 Å². The maximum absolute atomic E-state index is 11.4. The van der Waals surface area contributed by atoms with Crippen molar-refractivity contribution in [1.82, 2.24) is 4.98 Å². The van der Waals surface area contributed by atoms with E-state index in [2.05, 4.69) is 10.3 Å². The van der Waals surface area contributed by atoms with Crippen molar-refractivity contribution in [2.75, 3.05) is 18.5 Å². The van der Waals surface area contributed by atoms with E-state index in [0.717, 1.165) is 6.42 Å². The molecule has 0 aliphatic rings. The minimum absolute atomic E-state index is 0.120. The van der Waals surface area contributed by atoms with Crippen LogP contribution in [0.4, 0.5) is 5.82 Å². The molecule has 1 amide bonds. The van der Waals surface area contributed by atoms with Crippen molar-refractivity contribution in [2.24, 2.45) is 0 Å². The van der Waals surface area contributed by atoms with E-state index in [1.165, 1.54) is 0 Å². The molecule has 0 bridgehead atoms. The second-order valence-corrected chi connectivity index (χ2v) is 3.71. The summed E-state index contributed by atoms with van der Waals surface area (Å²) in [5, 5.41) is 3.19. The van der Waals surface area contributed by atoms with Crippen molar-refractivity contribution in [3.8, 4) is 0 Å². The zero-order chi connectivity index (χ0) is 11.8. The molecule has 4 nitrogen and oxygen atoms in total. The molecule has 0 fully saturated rings. The molecule has 0 saturated heterocycles. The first-order valence-electron chi connectivity index (χ1n) is 5.21. The molecule has 88 valence electrons. The smallest absolute Gasteiger partial charge is 0.227 e. The van der Waals surface area contributed by atoms with Gasteiger partial charge in [-0.05, 0) is 18.6 Å². The fourth-order valence-corrected chi connectivity index (χ4v) is 1.25. The highest BCUT2D eigenvalue weighted by atomic mass is 35.5. The number of halogens is 1. The Bertz CT molecular complexity index is 345. The van der Waals surface area contributed by atoms with Crippen LogP contribution >= 0.6 is 11.6 Å². The second kappa shape index (κ2) is 7.19. The Kier molecular flexibility index (Phi) is 5.82. The van der Waals surface area contributed by atoms with Gasteiger partial charge in [0.2, 0.25) is 5.91 Å². The van der Waals surface area contributed by atoms with Crippen molar-refractivity contribution in [3.05, 3.63) is 23.4 Å². The van der Waals surface area contributed by atoms with Gasteiger partial charge in [0.1, 0.15) is 5.82 Å². The SMILES string of the molecule is CCCOCCC(=O)Nc1cc(Cl)ccn1. The summed E-state index contributed by atoms with van der Waals surface area (Å²) in [7, 11) is 0. The Morgan fingerprint density at radius 2 is 2.38 bits per heavy atom. The number of rotatable bonds is 6. The van der Waals surface area contributed by atoms with E-state index in [0.29, 0.717) is 30.5 Å². The van der Waals surface area contributed by atoms with Gasteiger partial charge in [0.05, 0.1) is 13.0 Å². The standard InChI is InChI=1S/C11H15ClN2O2/c1-2-6-16-7-4-11(15)14-10-8-9(12)3-5-13-10/h3,5,8H,2,4,6-7H2,1H3,(H,13,14,15). The third-order valence-corrected chi connectivity index (χ3v) is 2.05. The summed E-state index contributed by atoms with van der Waals surface area (Å²) >= 11 is 5.76. The summed E-state index contributed by atoms with van der Waals surface area (Å²) in [5.41, 5.74) is 0. The van der Waals surface area contributed by atoms with Crippen molar-refractivity contribution < 1.29 is 9.53 Å². The summed E-state index contributed by atoms with van der Waals surface area (Å²) in [6.45, 7) is 3.14. The van der Waals surface area contributed by atoms with Gasteiger partial charge in [-0.15, -0.1) is 0 Å². The second-order valence-electron chi connectivity index (χ2n) is 3.27. The van der Waals surface area contributed by atoms with Crippen molar-refractivity contribution in [3.63, 3.8) is 0 Å². The van der Waals surface area contributed by atoms with Gasteiger partial charge in [0.25, 0.3) is 0 Å². The van der Waals surface area contributed by atoms with Crippen molar-refractivity contribution in [1.29, 1.82) is 0 Å². The molecule has 16 heavy (non-hydrogen) atoms. The Balaban J connectivity index is 2.29. The molecule has 1 N–H and O–H groups in total. The molecule has 1 rings (SSSR count). The highest BCUT2D eigenvalue weighted by Gasteiger charge is 2.03. The molecule has 1 aromatic heterocycles. The molecule has 0 unspecified atom stereocenters. The number of nitrogens with one attached hydrogen (secondary N) is 1. The van der Waals surface area contributed by atoms with Gasteiger partial charge in [-0.2, -0.15) is 0 Å². The van der Waals surface area contributed by atoms with Crippen LogP contribution in [-0.4, -0.2) is 24.1 Å². The molecular formula is C11H15ClN2O2. The van der Waals surface area contributed by atoms with Crippen LogP contribution < -0.4 is 5.32 Å². The summed E-state index contributed by atoms with van der Waals surface area (Å²) in [5.74, 6) is 0.346. The largest absolute Gasteiger partial charge is 0.381 e. The number of pyridine rings is 1. The molecule has 0 aliphatic heterocycles. The highest BCUT2D eigenvalue weighted by molar-refractivity contribution is 6.30. The Hall–Kier alpha value is -1.13. The summed E-state index contributed by atoms with van der Waals surface area (Å²) in [4.78, 5) is 15.4. The number of ether oxygens (including phenoxy) is 1. The Morgan fingerprint density at radius 3 is 3.06 bits per heavy atom. The van der Waals surface area contributed by atoms with E-state index in [-0.39, 0.29) is 5.91 Å². The van der Waals surface area contributed by atoms with Gasteiger partial charge in [0, 0.05) is 17.8 Å². The average molecular weight is 243 g/mol. The van der Waals surface area contributed by atoms with E-state index >= 15 is 0 Å². The van der Waals surface area contributed by atoms with Crippen LogP contribution in [0, 0.1) is 0 Å². The summed E-state index contributed by atoms with van der Waals surface area (Å²) < 4.78 is 5.21. The first kappa shape index (κ1) is 12.9. The lowest BCUT2D eigenvalue weighted by Crippen LogP contribution is -2.15. The first-order chi connectivity index (χ1) is 7.72. The molecule has 0 spiro atoms. The molecule has 0 atom stereocenters. The zero-order valence-corrected chi connectivity index (χ0v) is 9.96. The molecular weight excluding hydrogens is 228 g/mol. The minimum Gasteiger partial charge on any atom is -0.381 e. The lowest BCUT2D eigenvalue weighted by molar-refractivity contribution is -0.117. The maximum Gasteiger partial charge on any atom is 0.227 e. The lowest BCUT2D eigenvalue weighted by atomic mass is 10.4. The minimum atomic E-state index is -0.120. The average Bonchev–Trinajstić information content (AvgIpc) is 2.24. The predicted octanol–water partition coefficient (Wildman–Crippen LogP) is 2.49. The van der Waals surface area contributed by atoms with Crippen molar-refractivity contribution in [2.45, 2.75) is 19.8 Å². The van der Waals surface area contributed by atoms with Crippen LogP contribution in [0.3, 0.4) is 0 Å². The quantitative estimate of drug-likeness (QED) is 0.780. The highest BCUT2D eigenvalue weighted by Crippen LogP contribution is 2.11. The number of carbonyl (C=O) groups excluding carboxylic acids is 1. The van der Waals surface area contributed by atoms with Crippen LogP contribution in [-0.2, 0) is 9.53 Å². The molecule has 1 aromatic rings. The van der Waals surface area contributed by atoms with Crippen LogP contribution in [0.1, 0.15) is 19.8 Å². The number of nitrogens with zero attached hydrogens (tertiary/aromatic N) is 1. The van der Waals surface area contributed by atoms with Crippen LogP contribution in [0.2, 0.25) is 5.02 Å². The van der Waals surface area contributed by atoms with E-state index < -0.39 is 0 Å². The van der Waals surface area contributed by atoms with Crippen LogP contribution in [0.25, 0.3) is 0 Å². The predicted molar refractivity (Wildman–Crippen MR) is 63.6 cm³/mol. The lowest BCUT2D eigenvalue weighted by Gasteiger charge is -2.04. The third kappa shape index (κ3) is 5.09. The topological polar surface area (TPSA) is 51.2 Å². The van der Waals surface area contributed by atoms with Gasteiger partial charge in [-0.3, -0.25) is 4.79 Å². The fraction of sp³-hybridized carbons (Fsp3) is 0.455. The molecule has 5 heteroatoms. The molecule has 0 aromatic carbocycles. The van der Waals surface area contributed by atoms with E-state index in [9.17, 15) is 4.79 Å². The van der Waals surface area contributed by atoms with Gasteiger partial charge >= 0.3 is 0 Å². The number of hydrogen-bond acceptors (Lipinski definition) is 3. The van der Waals surface area contributed by atoms with Gasteiger partial charge < -0.3 is 10.1 Å². The maximum atomic E-state index is 11.4. The zero-order valence-electron chi connectivity index (χ0n) is 9.20. The number of carbonyl (C=O) groups is 1. The fourth-order valence-electron chi connectivity index (χ4n) is 1.09. The number of anilines is 1. The molecule has 1 heterocycles. The number of hydrogen-bond donors (Lipinski definition) is 1.